The molecule has 0 N–H and O–H groups in total. The van der Waals surface area contributed by atoms with Gasteiger partial charge in [0.25, 0.3) is 5.56 Å². The van der Waals surface area contributed by atoms with Crippen LogP contribution in [0.3, 0.4) is 0 Å². The van der Waals surface area contributed by atoms with E-state index in [1.54, 1.807) is 0 Å². The number of aromatic nitrogens is 2. The second-order valence-electron chi connectivity index (χ2n) is 6.45. The van der Waals surface area contributed by atoms with E-state index in [0.717, 1.165) is 10.6 Å². The fourth-order valence-electron chi connectivity index (χ4n) is 2.88. The maximum Gasteiger partial charge on any atom is 0.387 e. The molecule has 0 spiro atoms. The summed E-state index contributed by atoms with van der Waals surface area (Å²) in [6.45, 7) is -3.15. The third kappa shape index (κ3) is 4.70. The molecular weight excluding hydrogens is 403 g/mol. The summed E-state index contributed by atoms with van der Waals surface area (Å²) in [5.74, 6) is -0.991. The number of ether oxygens (including phenoxy) is 2. The predicted octanol–water partition coefficient (Wildman–Crippen LogP) is 2.80. The average molecular weight is 421 g/mol. The number of benzene rings is 2. The van der Waals surface area contributed by atoms with Gasteiger partial charge in [0.05, 0.1) is 24.3 Å². The fraction of sp³-hybridized carbons (Fsp3) is 0.250. The molecule has 0 unspecified atom stereocenters. The summed E-state index contributed by atoms with van der Waals surface area (Å²) >= 11 is 0. The highest BCUT2D eigenvalue weighted by molar-refractivity contribution is 5.79. The molecule has 0 aliphatic carbocycles. The van der Waals surface area contributed by atoms with Crippen LogP contribution in [0.4, 0.5) is 13.2 Å². The molecule has 7 nitrogen and oxygen atoms in total. The standard InChI is InChI=1S/C20H18F3N3O4/c1-25(9-12-3-6-16(30-20(22)23)17(7-12)29-2)18(27)10-26-11-24-15-5-4-13(21)8-14(15)19(26)28/h3-8,11,20H,9-10H2,1-2H3. The van der Waals surface area contributed by atoms with Gasteiger partial charge in [-0.15, -0.1) is 0 Å². The molecule has 0 saturated carbocycles. The van der Waals surface area contributed by atoms with Gasteiger partial charge < -0.3 is 14.4 Å². The Balaban J connectivity index is 1.74. The van der Waals surface area contributed by atoms with Crippen LogP contribution >= 0.6 is 0 Å². The van der Waals surface area contributed by atoms with Crippen molar-refractivity contribution in [2.45, 2.75) is 19.7 Å². The minimum absolute atomic E-state index is 0.0762. The molecule has 0 aliphatic heterocycles. The highest BCUT2D eigenvalue weighted by Gasteiger charge is 2.15. The lowest BCUT2D eigenvalue weighted by Crippen LogP contribution is -2.33. The Morgan fingerprint density at radius 3 is 2.67 bits per heavy atom. The van der Waals surface area contributed by atoms with Crippen LogP contribution in [0.2, 0.25) is 0 Å². The van der Waals surface area contributed by atoms with Gasteiger partial charge in [-0.2, -0.15) is 8.78 Å². The molecular formula is C20H18F3N3O4. The van der Waals surface area contributed by atoms with Crippen molar-refractivity contribution in [2.75, 3.05) is 14.2 Å². The van der Waals surface area contributed by atoms with Gasteiger partial charge in [-0.1, -0.05) is 6.07 Å². The lowest BCUT2D eigenvalue weighted by molar-refractivity contribution is -0.131. The molecule has 1 aromatic heterocycles. The Labute approximate surface area is 169 Å². The first kappa shape index (κ1) is 21.2. The van der Waals surface area contributed by atoms with Gasteiger partial charge in [-0.05, 0) is 35.9 Å². The maximum atomic E-state index is 13.4. The number of likely N-dealkylation sites (N-methyl/N-ethyl adjacent to an activating group) is 1. The third-order valence-corrected chi connectivity index (χ3v) is 4.38. The second kappa shape index (κ2) is 8.85. The highest BCUT2D eigenvalue weighted by atomic mass is 19.3. The van der Waals surface area contributed by atoms with Crippen LogP contribution in [0.5, 0.6) is 11.5 Å². The SMILES string of the molecule is COc1cc(CN(C)C(=O)Cn2cnc3ccc(F)cc3c2=O)ccc1OC(F)F. The third-order valence-electron chi connectivity index (χ3n) is 4.38. The zero-order chi connectivity index (χ0) is 21.8. The first-order valence-electron chi connectivity index (χ1n) is 8.79. The number of amides is 1. The van der Waals surface area contributed by atoms with E-state index in [-0.39, 0.29) is 30.0 Å². The Kier molecular flexibility index (Phi) is 6.24. The van der Waals surface area contributed by atoms with Gasteiger partial charge in [0.15, 0.2) is 11.5 Å². The zero-order valence-electron chi connectivity index (χ0n) is 16.1. The van der Waals surface area contributed by atoms with Crippen LogP contribution in [-0.4, -0.2) is 41.1 Å². The lowest BCUT2D eigenvalue weighted by Gasteiger charge is -2.19. The van der Waals surface area contributed by atoms with E-state index in [1.807, 2.05) is 0 Å². The average Bonchev–Trinajstić information content (AvgIpc) is 2.71. The second-order valence-corrected chi connectivity index (χ2v) is 6.45. The van der Waals surface area contributed by atoms with Crippen LogP contribution in [0, 0.1) is 5.82 Å². The summed E-state index contributed by atoms with van der Waals surface area (Å²) in [6.07, 6.45) is 1.23. The molecule has 1 heterocycles. The number of nitrogens with zero attached hydrogens (tertiary/aromatic N) is 3. The molecule has 0 saturated heterocycles. The first-order valence-corrected chi connectivity index (χ1v) is 8.79. The van der Waals surface area contributed by atoms with Crippen molar-refractivity contribution in [2.24, 2.45) is 0 Å². The van der Waals surface area contributed by atoms with Crippen molar-refractivity contribution in [3.63, 3.8) is 0 Å². The van der Waals surface area contributed by atoms with Gasteiger partial charge in [0.2, 0.25) is 5.91 Å². The largest absolute Gasteiger partial charge is 0.493 e. The topological polar surface area (TPSA) is 73.7 Å². The number of carbonyl (C=O) groups excluding carboxylic acids is 1. The van der Waals surface area contributed by atoms with Crippen molar-refractivity contribution >= 4 is 16.8 Å². The predicted molar refractivity (Wildman–Crippen MR) is 102 cm³/mol. The summed E-state index contributed by atoms with van der Waals surface area (Å²) in [7, 11) is 2.84. The summed E-state index contributed by atoms with van der Waals surface area (Å²) in [4.78, 5) is 30.5. The van der Waals surface area contributed by atoms with Crippen LogP contribution in [0.1, 0.15) is 5.56 Å². The number of hydrogen-bond donors (Lipinski definition) is 0. The molecule has 0 aliphatic rings. The number of alkyl halides is 2. The molecule has 0 atom stereocenters. The van der Waals surface area contributed by atoms with Crippen LogP contribution in [0.25, 0.3) is 10.9 Å². The van der Waals surface area contributed by atoms with Crippen molar-refractivity contribution in [3.05, 3.63) is 64.5 Å². The Morgan fingerprint density at radius 1 is 1.20 bits per heavy atom. The molecule has 0 fully saturated rings. The smallest absolute Gasteiger partial charge is 0.387 e. The number of hydrogen-bond acceptors (Lipinski definition) is 5. The van der Waals surface area contributed by atoms with Crippen LogP contribution < -0.4 is 15.0 Å². The summed E-state index contributed by atoms with van der Waals surface area (Å²) in [6, 6.07) is 7.99. The van der Waals surface area contributed by atoms with Crippen molar-refractivity contribution in [1.29, 1.82) is 0 Å². The molecule has 3 aromatic rings. The Hall–Kier alpha value is -3.56. The van der Waals surface area contributed by atoms with Crippen LogP contribution in [-0.2, 0) is 17.9 Å². The van der Waals surface area contributed by atoms with Gasteiger partial charge >= 0.3 is 6.61 Å². The number of fused-ring (bicyclic) bond motifs is 1. The van der Waals surface area contributed by atoms with Gasteiger partial charge in [-0.3, -0.25) is 14.2 Å². The summed E-state index contributed by atoms with van der Waals surface area (Å²) in [5, 5.41) is 0.0762. The van der Waals surface area contributed by atoms with E-state index in [4.69, 9.17) is 4.74 Å². The summed E-state index contributed by atoms with van der Waals surface area (Å²) in [5.41, 5.74) is 0.406. The Bertz CT molecular complexity index is 1130. The molecule has 0 radical (unpaired) electrons. The Morgan fingerprint density at radius 2 is 1.97 bits per heavy atom. The van der Waals surface area contributed by atoms with Crippen molar-refractivity contribution < 1.29 is 27.4 Å². The van der Waals surface area contributed by atoms with Crippen LogP contribution in [0.15, 0.2) is 47.5 Å². The van der Waals surface area contributed by atoms with E-state index >= 15 is 0 Å². The number of carbonyl (C=O) groups is 1. The van der Waals surface area contributed by atoms with Crippen molar-refractivity contribution in [3.8, 4) is 11.5 Å². The highest BCUT2D eigenvalue weighted by Crippen LogP contribution is 2.29. The monoisotopic (exact) mass is 421 g/mol. The number of halogens is 3. The normalized spacial score (nSPS) is 11.0. The number of methoxy groups -OCH3 is 1. The molecule has 158 valence electrons. The zero-order valence-corrected chi connectivity index (χ0v) is 16.1. The minimum Gasteiger partial charge on any atom is -0.493 e. The van der Waals surface area contributed by atoms with E-state index in [1.165, 1.54) is 55.7 Å². The van der Waals surface area contributed by atoms with E-state index < -0.39 is 23.9 Å². The maximum absolute atomic E-state index is 13.4. The lowest BCUT2D eigenvalue weighted by atomic mass is 10.2. The van der Waals surface area contributed by atoms with Gasteiger partial charge in [0.1, 0.15) is 12.4 Å². The molecule has 10 heteroatoms. The first-order chi connectivity index (χ1) is 14.3. The van der Waals surface area contributed by atoms with E-state index in [0.29, 0.717) is 11.1 Å². The molecule has 1 amide bonds. The van der Waals surface area contributed by atoms with Crippen molar-refractivity contribution in [1.82, 2.24) is 14.5 Å². The molecule has 0 bridgehead atoms. The molecule has 30 heavy (non-hydrogen) atoms. The quantitative estimate of drug-likeness (QED) is 0.587. The number of rotatable bonds is 7. The van der Waals surface area contributed by atoms with E-state index in [9.17, 15) is 22.8 Å². The summed E-state index contributed by atoms with van der Waals surface area (Å²) < 4.78 is 48.8. The fourth-order valence-corrected chi connectivity index (χ4v) is 2.88. The minimum atomic E-state index is -2.99. The van der Waals surface area contributed by atoms with Gasteiger partial charge in [-0.25, -0.2) is 9.37 Å². The molecule has 2 aromatic carbocycles. The van der Waals surface area contributed by atoms with E-state index in [2.05, 4.69) is 9.72 Å². The molecule has 3 rings (SSSR count). The van der Waals surface area contributed by atoms with Gasteiger partial charge in [0, 0.05) is 13.6 Å².